The van der Waals surface area contributed by atoms with Gasteiger partial charge < -0.3 is 5.32 Å². The molecule has 0 saturated heterocycles. The molecular weight excluding hydrogens is 289 g/mol. The van der Waals surface area contributed by atoms with Gasteiger partial charge in [-0.2, -0.15) is 0 Å². The van der Waals surface area contributed by atoms with Crippen LogP contribution < -0.4 is 5.32 Å². The van der Waals surface area contributed by atoms with Crippen LogP contribution in [0.1, 0.15) is 63.5 Å². The molecule has 1 aliphatic carbocycles. The Hall–Kier alpha value is -0.240. The second kappa shape index (κ2) is 8.26. The third-order valence-corrected chi connectivity index (χ3v) is 4.96. The smallest absolute Gasteiger partial charge is 0.0468 e. The minimum Gasteiger partial charge on any atom is -0.310 e. The molecule has 0 heterocycles. The Labute approximate surface area is 133 Å². The van der Waals surface area contributed by atoms with E-state index in [0.717, 1.165) is 23.9 Å². The first-order chi connectivity index (χ1) is 9.70. The summed E-state index contributed by atoms with van der Waals surface area (Å²) in [5.41, 5.74) is 1.17. The predicted octanol–water partition coefficient (Wildman–Crippen LogP) is 6.00. The van der Waals surface area contributed by atoms with Crippen LogP contribution in [0.15, 0.2) is 18.2 Å². The summed E-state index contributed by atoms with van der Waals surface area (Å²) in [5, 5.41) is 5.12. The molecule has 0 bridgehead atoms. The number of hydrogen-bond acceptors (Lipinski definition) is 1. The lowest BCUT2D eigenvalue weighted by Crippen LogP contribution is -2.22. The molecule has 1 aromatic rings. The summed E-state index contributed by atoms with van der Waals surface area (Å²) < 4.78 is 0. The fourth-order valence-electron chi connectivity index (χ4n) is 3.22. The third kappa shape index (κ3) is 4.65. The Bertz CT molecular complexity index is 413. The van der Waals surface area contributed by atoms with Gasteiger partial charge in [-0.1, -0.05) is 61.9 Å². The Balaban J connectivity index is 1.79. The molecule has 20 heavy (non-hydrogen) atoms. The maximum Gasteiger partial charge on any atom is 0.0468 e. The summed E-state index contributed by atoms with van der Waals surface area (Å²) in [5.74, 6) is 0.982. The number of rotatable bonds is 7. The molecule has 1 aromatic carbocycles. The second-order valence-electron chi connectivity index (χ2n) is 5.87. The minimum absolute atomic E-state index is 0.336. The highest BCUT2D eigenvalue weighted by atomic mass is 35.5. The molecule has 1 atom stereocenters. The Morgan fingerprint density at radius 3 is 2.65 bits per heavy atom. The van der Waals surface area contributed by atoms with Crippen molar-refractivity contribution in [2.24, 2.45) is 5.92 Å². The standard InChI is InChI=1S/C17H25Cl2N/c1-2-17(15-10-9-14(18)12-16(15)19)20-11-5-8-13-6-3-4-7-13/h9-10,12-13,17,20H,2-8,11H2,1H3. The van der Waals surface area contributed by atoms with Gasteiger partial charge >= 0.3 is 0 Å². The summed E-state index contributed by atoms with van der Waals surface area (Å²) in [6, 6.07) is 6.14. The molecule has 1 nitrogen and oxygen atoms in total. The second-order valence-corrected chi connectivity index (χ2v) is 6.72. The van der Waals surface area contributed by atoms with E-state index in [1.165, 1.54) is 44.1 Å². The fourth-order valence-corrected chi connectivity index (χ4v) is 3.76. The van der Waals surface area contributed by atoms with Crippen molar-refractivity contribution in [3.05, 3.63) is 33.8 Å². The third-order valence-electron chi connectivity index (χ3n) is 4.40. The summed E-state index contributed by atoms with van der Waals surface area (Å²) in [6.45, 7) is 3.27. The Morgan fingerprint density at radius 1 is 1.25 bits per heavy atom. The van der Waals surface area contributed by atoms with Gasteiger partial charge in [-0.3, -0.25) is 0 Å². The number of halogens is 2. The predicted molar refractivity (Wildman–Crippen MR) is 88.7 cm³/mol. The number of nitrogens with one attached hydrogen (secondary N) is 1. The van der Waals surface area contributed by atoms with Gasteiger partial charge in [0.25, 0.3) is 0 Å². The van der Waals surface area contributed by atoms with E-state index in [4.69, 9.17) is 23.2 Å². The van der Waals surface area contributed by atoms with Crippen LogP contribution in [0.5, 0.6) is 0 Å². The zero-order valence-corrected chi connectivity index (χ0v) is 13.8. The van der Waals surface area contributed by atoms with Gasteiger partial charge in [-0.15, -0.1) is 0 Å². The molecule has 1 unspecified atom stereocenters. The molecule has 0 spiro atoms. The molecule has 0 amide bonds. The average Bonchev–Trinajstić information content (AvgIpc) is 2.93. The topological polar surface area (TPSA) is 12.0 Å². The lowest BCUT2D eigenvalue weighted by molar-refractivity contribution is 0.444. The van der Waals surface area contributed by atoms with Gasteiger partial charge in [0.15, 0.2) is 0 Å². The molecule has 1 N–H and O–H groups in total. The summed E-state index contributed by atoms with van der Waals surface area (Å²) in [7, 11) is 0. The first-order valence-electron chi connectivity index (χ1n) is 7.89. The molecule has 1 fully saturated rings. The monoisotopic (exact) mass is 313 g/mol. The van der Waals surface area contributed by atoms with Gasteiger partial charge in [0.2, 0.25) is 0 Å². The molecule has 1 saturated carbocycles. The summed E-state index contributed by atoms with van der Waals surface area (Å²) in [6.07, 6.45) is 9.46. The molecule has 2 rings (SSSR count). The van der Waals surface area contributed by atoms with E-state index in [1.54, 1.807) is 0 Å². The highest BCUT2D eigenvalue weighted by Crippen LogP contribution is 2.29. The molecule has 3 heteroatoms. The van der Waals surface area contributed by atoms with Gasteiger partial charge in [0.1, 0.15) is 0 Å². The SMILES string of the molecule is CCC(NCCCC1CCCC1)c1ccc(Cl)cc1Cl. The van der Waals surface area contributed by atoms with Gasteiger partial charge in [-0.25, -0.2) is 0 Å². The maximum absolute atomic E-state index is 6.29. The van der Waals surface area contributed by atoms with Crippen molar-refractivity contribution in [2.45, 2.75) is 57.9 Å². The van der Waals surface area contributed by atoms with Crippen molar-refractivity contribution in [3.8, 4) is 0 Å². The van der Waals surface area contributed by atoms with Crippen LogP contribution in [-0.2, 0) is 0 Å². The van der Waals surface area contributed by atoms with Crippen molar-refractivity contribution in [1.29, 1.82) is 0 Å². The van der Waals surface area contributed by atoms with E-state index < -0.39 is 0 Å². The van der Waals surface area contributed by atoms with Crippen LogP contribution in [0.4, 0.5) is 0 Å². The molecule has 0 radical (unpaired) electrons. The highest BCUT2D eigenvalue weighted by molar-refractivity contribution is 6.35. The number of benzene rings is 1. The maximum atomic E-state index is 6.29. The summed E-state index contributed by atoms with van der Waals surface area (Å²) >= 11 is 12.3. The van der Waals surface area contributed by atoms with E-state index in [9.17, 15) is 0 Å². The van der Waals surface area contributed by atoms with Crippen molar-refractivity contribution in [1.82, 2.24) is 5.32 Å². The quantitative estimate of drug-likeness (QED) is 0.608. The molecule has 0 aliphatic heterocycles. The van der Waals surface area contributed by atoms with Crippen LogP contribution in [0.25, 0.3) is 0 Å². The number of hydrogen-bond donors (Lipinski definition) is 1. The first-order valence-corrected chi connectivity index (χ1v) is 8.64. The van der Waals surface area contributed by atoms with E-state index in [-0.39, 0.29) is 0 Å². The average molecular weight is 314 g/mol. The molecule has 112 valence electrons. The highest BCUT2D eigenvalue weighted by Gasteiger charge is 2.15. The Kier molecular flexibility index (Phi) is 6.67. The van der Waals surface area contributed by atoms with Crippen molar-refractivity contribution < 1.29 is 0 Å². The zero-order valence-electron chi connectivity index (χ0n) is 12.3. The Morgan fingerprint density at radius 2 is 2.00 bits per heavy atom. The van der Waals surface area contributed by atoms with Crippen LogP contribution >= 0.6 is 23.2 Å². The zero-order chi connectivity index (χ0) is 14.4. The molecule has 1 aliphatic rings. The van der Waals surface area contributed by atoms with Crippen molar-refractivity contribution in [2.75, 3.05) is 6.54 Å². The van der Waals surface area contributed by atoms with E-state index in [1.807, 2.05) is 18.2 Å². The van der Waals surface area contributed by atoms with Crippen molar-refractivity contribution >= 4 is 23.2 Å². The van der Waals surface area contributed by atoms with Crippen LogP contribution in [0, 0.1) is 5.92 Å². The molecule has 0 aromatic heterocycles. The summed E-state index contributed by atoms with van der Waals surface area (Å²) in [4.78, 5) is 0. The first kappa shape index (κ1) is 16.1. The van der Waals surface area contributed by atoms with E-state index >= 15 is 0 Å². The van der Waals surface area contributed by atoms with Crippen LogP contribution in [0.3, 0.4) is 0 Å². The lowest BCUT2D eigenvalue weighted by Gasteiger charge is -2.19. The largest absolute Gasteiger partial charge is 0.310 e. The normalized spacial score (nSPS) is 17.6. The van der Waals surface area contributed by atoms with Crippen LogP contribution in [0.2, 0.25) is 10.0 Å². The molecular formula is C17H25Cl2N. The van der Waals surface area contributed by atoms with Crippen LogP contribution in [-0.4, -0.2) is 6.54 Å². The van der Waals surface area contributed by atoms with Gasteiger partial charge in [0, 0.05) is 16.1 Å². The van der Waals surface area contributed by atoms with Gasteiger partial charge in [0.05, 0.1) is 0 Å². The van der Waals surface area contributed by atoms with E-state index in [2.05, 4.69) is 12.2 Å². The van der Waals surface area contributed by atoms with Gasteiger partial charge in [-0.05, 0) is 49.4 Å². The van der Waals surface area contributed by atoms with Crippen molar-refractivity contribution in [3.63, 3.8) is 0 Å². The van der Waals surface area contributed by atoms with E-state index in [0.29, 0.717) is 11.1 Å². The minimum atomic E-state index is 0.336. The lowest BCUT2D eigenvalue weighted by atomic mass is 10.0. The fraction of sp³-hybridized carbons (Fsp3) is 0.647.